The van der Waals surface area contributed by atoms with Gasteiger partial charge in [0.2, 0.25) is 0 Å². The molecule has 156 valence electrons. The van der Waals surface area contributed by atoms with Crippen LogP contribution < -0.4 is 10.2 Å². The lowest BCUT2D eigenvalue weighted by Gasteiger charge is -2.37. The third-order valence-electron chi connectivity index (χ3n) is 5.01. The van der Waals surface area contributed by atoms with E-state index in [1.54, 1.807) is 0 Å². The van der Waals surface area contributed by atoms with Crippen LogP contribution in [-0.4, -0.2) is 55.2 Å². The van der Waals surface area contributed by atoms with Crippen LogP contribution in [0.25, 0.3) is 0 Å². The lowest BCUT2D eigenvalue weighted by atomic mass is 10.1. The van der Waals surface area contributed by atoms with Crippen LogP contribution in [-0.2, 0) is 17.9 Å². The molecule has 0 unspecified atom stereocenters. The summed E-state index contributed by atoms with van der Waals surface area (Å²) in [7, 11) is 0. The summed E-state index contributed by atoms with van der Waals surface area (Å²) in [6, 6.07) is 14.5. The molecule has 6 nitrogen and oxygen atoms in total. The summed E-state index contributed by atoms with van der Waals surface area (Å²) in [6.45, 7) is 11.0. The zero-order chi connectivity index (χ0) is 20.3. The summed E-state index contributed by atoms with van der Waals surface area (Å²) in [4.78, 5) is 14.1. The summed E-state index contributed by atoms with van der Waals surface area (Å²) >= 11 is 0. The average Bonchev–Trinajstić information content (AvgIpc) is 2.78. The van der Waals surface area contributed by atoms with Crippen molar-refractivity contribution in [2.24, 2.45) is 4.99 Å². The highest BCUT2D eigenvalue weighted by atomic mass is 16.5. The summed E-state index contributed by atoms with van der Waals surface area (Å²) < 4.78 is 5.75. The maximum atomic E-state index is 5.75. The summed E-state index contributed by atoms with van der Waals surface area (Å²) in [5.74, 6) is 2.03. The molecule has 0 radical (unpaired) electrons. The number of piperazine rings is 1. The largest absolute Gasteiger partial charge is 0.377 e. The molecule has 1 N–H and O–H groups in total. The van der Waals surface area contributed by atoms with E-state index in [2.05, 4.69) is 64.3 Å². The predicted octanol–water partition coefficient (Wildman–Crippen LogP) is 3.30. The maximum Gasteiger partial charge on any atom is 0.194 e. The van der Waals surface area contributed by atoms with Crippen LogP contribution in [0.2, 0.25) is 0 Å². The second kappa shape index (κ2) is 11.4. The number of nitrogens with zero attached hydrogens (tertiary/aromatic N) is 4. The molecule has 0 amide bonds. The number of guanidine groups is 1. The first-order valence-electron chi connectivity index (χ1n) is 10.7. The van der Waals surface area contributed by atoms with E-state index in [-0.39, 0.29) is 0 Å². The molecule has 1 aliphatic heterocycles. The zero-order valence-corrected chi connectivity index (χ0v) is 17.7. The van der Waals surface area contributed by atoms with Crippen LogP contribution in [0.5, 0.6) is 0 Å². The van der Waals surface area contributed by atoms with Crippen molar-refractivity contribution in [3.8, 4) is 0 Å². The van der Waals surface area contributed by atoms with Gasteiger partial charge < -0.3 is 19.9 Å². The molecule has 1 fully saturated rings. The van der Waals surface area contributed by atoms with E-state index < -0.39 is 0 Å². The molecule has 0 spiro atoms. The highest BCUT2D eigenvalue weighted by Crippen LogP contribution is 2.14. The minimum Gasteiger partial charge on any atom is -0.377 e. The SMILES string of the molecule is CCCOCc1ccccc1CN=C(NCC)N1CCN(c2ccccn2)CC1. The molecule has 0 aliphatic carbocycles. The average molecular weight is 396 g/mol. The van der Waals surface area contributed by atoms with Gasteiger partial charge in [0.25, 0.3) is 0 Å². The van der Waals surface area contributed by atoms with Gasteiger partial charge in [0.15, 0.2) is 5.96 Å². The first kappa shape index (κ1) is 21.1. The van der Waals surface area contributed by atoms with Crippen molar-refractivity contribution in [1.29, 1.82) is 0 Å². The van der Waals surface area contributed by atoms with Crippen LogP contribution in [0, 0.1) is 0 Å². The molecular formula is C23H33N5O. The van der Waals surface area contributed by atoms with Gasteiger partial charge in [-0.2, -0.15) is 0 Å². The predicted molar refractivity (Wildman–Crippen MR) is 119 cm³/mol. The van der Waals surface area contributed by atoms with Gasteiger partial charge in [-0.15, -0.1) is 0 Å². The number of benzene rings is 1. The number of hydrogen-bond acceptors (Lipinski definition) is 4. The lowest BCUT2D eigenvalue weighted by Crippen LogP contribution is -2.52. The van der Waals surface area contributed by atoms with Gasteiger partial charge in [-0.05, 0) is 36.6 Å². The number of hydrogen-bond donors (Lipinski definition) is 1. The topological polar surface area (TPSA) is 53.0 Å². The molecule has 2 heterocycles. The minimum absolute atomic E-state index is 0.652. The van der Waals surface area contributed by atoms with Crippen LogP contribution in [0.4, 0.5) is 5.82 Å². The number of ether oxygens (including phenoxy) is 1. The summed E-state index contributed by atoms with van der Waals surface area (Å²) in [6.07, 6.45) is 2.89. The normalized spacial score (nSPS) is 14.9. The van der Waals surface area contributed by atoms with Crippen molar-refractivity contribution >= 4 is 11.8 Å². The number of aromatic nitrogens is 1. The van der Waals surface area contributed by atoms with Gasteiger partial charge >= 0.3 is 0 Å². The highest BCUT2D eigenvalue weighted by molar-refractivity contribution is 5.80. The number of aliphatic imine (C=N–C) groups is 1. The second-order valence-corrected chi connectivity index (χ2v) is 7.15. The number of anilines is 1. The smallest absolute Gasteiger partial charge is 0.194 e. The Morgan fingerprint density at radius 2 is 1.79 bits per heavy atom. The van der Waals surface area contributed by atoms with Gasteiger partial charge in [-0.1, -0.05) is 37.3 Å². The molecule has 3 rings (SSSR count). The Morgan fingerprint density at radius 3 is 2.48 bits per heavy atom. The Morgan fingerprint density at radius 1 is 1.03 bits per heavy atom. The van der Waals surface area contributed by atoms with E-state index in [0.717, 1.165) is 57.5 Å². The molecule has 6 heteroatoms. The molecule has 2 aromatic rings. The second-order valence-electron chi connectivity index (χ2n) is 7.15. The molecule has 0 saturated carbocycles. The lowest BCUT2D eigenvalue weighted by molar-refractivity contribution is 0.121. The summed E-state index contributed by atoms with van der Waals surface area (Å²) in [5.41, 5.74) is 2.45. The number of rotatable bonds is 8. The van der Waals surface area contributed by atoms with Gasteiger partial charge in [0.05, 0.1) is 13.2 Å². The highest BCUT2D eigenvalue weighted by Gasteiger charge is 2.20. The van der Waals surface area contributed by atoms with Gasteiger partial charge in [0, 0.05) is 45.5 Å². The third kappa shape index (κ3) is 6.19. The first-order chi connectivity index (χ1) is 14.3. The Hall–Kier alpha value is -2.60. The number of pyridine rings is 1. The van der Waals surface area contributed by atoms with E-state index in [9.17, 15) is 0 Å². The van der Waals surface area contributed by atoms with Crippen LogP contribution in [0.1, 0.15) is 31.4 Å². The fourth-order valence-electron chi connectivity index (χ4n) is 3.45. The van der Waals surface area contributed by atoms with Crippen molar-refractivity contribution in [3.05, 3.63) is 59.8 Å². The molecule has 1 aliphatic rings. The van der Waals surface area contributed by atoms with Crippen molar-refractivity contribution in [2.75, 3.05) is 44.2 Å². The maximum absolute atomic E-state index is 5.75. The fourth-order valence-corrected chi connectivity index (χ4v) is 3.45. The van der Waals surface area contributed by atoms with Crippen molar-refractivity contribution in [1.82, 2.24) is 15.2 Å². The van der Waals surface area contributed by atoms with Crippen LogP contribution in [0.3, 0.4) is 0 Å². The Labute approximate surface area is 174 Å². The molecule has 1 aromatic heterocycles. The molecule has 29 heavy (non-hydrogen) atoms. The van der Waals surface area contributed by atoms with Crippen molar-refractivity contribution < 1.29 is 4.74 Å². The van der Waals surface area contributed by atoms with E-state index >= 15 is 0 Å². The quantitative estimate of drug-likeness (QED) is 0.422. The first-order valence-corrected chi connectivity index (χ1v) is 10.7. The Kier molecular flexibility index (Phi) is 8.31. The van der Waals surface area contributed by atoms with E-state index in [1.807, 2.05) is 18.3 Å². The Balaban J connectivity index is 1.62. The van der Waals surface area contributed by atoms with E-state index in [0.29, 0.717) is 13.2 Å². The fraction of sp³-hybridized carbons (Fsp3) is 0.478. The van der Waals surface area contributed by atoms with Gasteiger partial charge in [-0.3, -0.25) is 0 Å². The molecular weight excluding hydrogens is 362 g/mol. The standard InChI is InChI=1S/C23H33N5O/c1-3-17-29-19-21-10-6-5-9-20(21)18-26-23(24-4-2)28-15-13-27(14-16-28)22-11-7-8-12-25-22/h5-12H,3-4,13-19H2,1-2H3,(H,24,26). The van der Waals surface area contributed by atoms with Crippen LogP contribution >= 0.6 is 0 Å². The van der Waals surface area contributed by atoms with Crippen LogP contribution in [0.15, 0.2) is 53.7 Å². The van der Waals surface area contributed by atoms with Crippen molar-refractivity contribution in [2.45, 2.75) is 33.4 Å². The zero-order valence-electron chi connectivity index (χ0n) is 17.7. The monoisotopic (exact) mass is 395 g/mol. The van der Waals surface area contributed by atoms with Gasteiger partial charge in [-0.25, -0.2) is 9.98 Å². The van der Waals surface area contributed by atoms with E-state index in [4.69, 9.17) is 9.73 Å². The Bertz CT molecular complexity index is 757. The molecule has 1 saturated heterocycles. The van der Waals surface area contributed by atoms with Gasteiger partial charge in [0.1, 0.15) is 5.82 Å². The number of nitrogens with one attached hydrogen (secondary N) is 1. The molecule has 0 bridgehead atoms. The molecule has 1 aromatic carbocycles. The summed E-state index contributed by atoms with van der Waals surface area (Å²) in [5, 5.41) is 3.46. The van der Waals surface area contributed by atoms with Crippen molar-refractivity contribution in [3.63, 3.8) is 0 Å². The third-order valence-corrected chi connectivity index (χ3v) is 5.01. The minimum atomic E-state index is 0.652. The molecule has 0 atom stereocenters. The van der Waals surface area contributed by atoms with E-state index in [1.165, 1.54) is 11.1 Å².